The number of hydrogen-bond acceptors (Lipinski definition) is 2. The van der Waals surface area contributed by atoms with Gasteiger partial charge in [0.1, 0.15) is 5.76 Å². The highest BCUT2D eigenvalue weighted by Gasteiger charge is 2.45. The molecule has 0 saturated heterocycles. The third-order valence-electron chi connectivity index (χ3n) is 3.42. The minimum absolute atomic E-state index is 0.372. The summed E-state index contributed by atoms with van der Waals surface area (Å²) >= 11 is 0. The lowest BCUT2D eigenvalue weighted by atomic mass is 9.87. The van der Waals surface area contributed by atoms with Crippen molar-refractivity contribution >= 4 is 5.78 Å². The summed E-state index contributed by atoms with van der Waals surface area (Å²) in [6.07, 6.45) is -30.3. The molecule has 1 N–H and O–H groups in total. The Hall–Kier alpha value is -1.63. The summed E-state index contributed by atoms with van der Waals surface area (Å²) in [6.45, 7) is 0.372. The number of carbonyl (C=O) groups is 1. The van der Waals surface area contributed by atoms with E-state index in [-0.39, 0.29) is 0 Å². The maximum Gasteiger partial charge on any atom is 0.389 e. The molecule has 14 heteroatoms. The van der Waals surface area contributed by atoms with E-state index in [0.717, 1.165) is 0 Å². The average Bonchev–Trinajstić information content (AvgIpc) is 2.37. The van der Waals surface area contributed by atoms with Gasteiger partial charge in [0.05, 0.1) is 25.7 Å². The Kier molecular flexibility index (Phi) is 8.29. The van der Waals surface area contributed by atoms with Gasteiger partial charge >= 0.3 is 24.7 Å². The number of aliphatic hydroxyl groups excluding tert-OH is 1. The monoisotopic (exact) mass is 442 g/mol. The Balaban J connectivity index is 5.94. The number of allylic oxidation sites excluding steroid dienone is 2. The fourth-order valence-electron chi connectivity index (χ4n) is 2.38. The molecule has 28 heavy (non-hydrogen) atoms. The van der Waals surface area contributed by atoms with Gasteiger partial charge in [-0.05, 0) is 6.92 Å². The normalized spacial score (nSPS) is 15.2. The zero-order chi connectivity index (χ0) is 22.7. The first-order valence-corrected chi connectivity index (χ1v) is 7.32. The van der Waals surface area contributed by atoms with Crippen LogP contribution in [-0.4, -0.2) is 35.6 Å². The first kappa shape index (κ1) is 26.4. The van der Waals surface area contributed by atoms with E-state index in [4.69, 9.17) is 0 Å². The van der Waals surface area contributed by atoms with Crippen LogP contribution in [-0.2, 0) is 4.79 Å². The summed E-state index contributed by atoms with van der Waals surface area (Å²) < 4.78 is 149. The predicted molar refractivity (Wildman–Crippen MR) is 70.0 cm³/mol. The van der Waals surface area contributed by atoms with Crippen LogP contribution in [0.4, 0.5) is 52.7 Å². The molecule has 0 atom stereocenters. The Morgan fingerprint density at radius 3 is 1.14 bits per heavy atom. The Morgan fingerprint density at radius 2 is 0.893 bits per heavy atom. The molecule has 0 bridgehead atoms. The molecule has 0 amide bonds. The summed E-state index contributed by atoms with van der Waals surface area (Å²) in [4.78, 5) is 11.9. The lowest BCUT2D eigenvalue weighted by molar-refractivity contribution is -0.176. The lowest BCUT2D eigenvalue weighted by Gasteiger charge is -2.23. The topological polar surface area (TPSA) is 37.3 Å². The summed E-state index contributed by atoms with van der Waals surface area (Å²) in [6, 6.07) is 0. The highest BCUT2D eigenvalue weighted by atomic mass is 19.4. The van der Waals surface area contributed by atoms with Gasteiger partial charge in [-0.1, -0.05) is 0 Å². The molecule has 0 saturated carbocycles. The number of hydrogen-bond donors (Lipinski definition) is 1. The van der Waals surface area contributed by atoms with E-state index in [1.807, 2.05) is 0 Å². The molecule has 0 radical (unpaired) electrons. The lowest BCUT2D eigenvalue weighted by Crippen LogP contribution is -2.30. The van der Waals surface area contributed by atoms with Crippen LogP contribution in [0.25, 0.3) is 0 Å². The number of halogens is 12. The van der Waals surface area contributed by atoms with Crippen LogP contribution in [0.1, 0.15) is 32.6 Å². The van der Waals surface area contributed by atoms with Gasteiger partial charge in [-0.25, -0.2) is 0 Å². The van der Waals surface area contributed by atoms with E-state index in [1.165, 1.54) is 0 Å². The second-order valence-corrected chi connectivity index (χ2v) is 6.05. The van der Waals surface area contributed by atoms with E-state index >= 15 is 0 Å². The smallest absolute Gasteiger partial charge is 0.389 e. The zero-order valence-corrected chi connectivity index (χ0v) is 13.9. The fraction of sp³-hybridized carbons (Fsp3) is 0.786. The van der Waals surface area contributed by atoms with Gasteiger partial charge in [0.2, 0.25) is 0 Å². The van der Waals surface area contributed by atoms with Crippen molar-refractivity contribution in [2.45, 2.75) is 57.3 Å². The first-order chi connectivity index (χ1) is 12.1. The van der Waals surface area contributed by atoms with Gasteiger partial charge in [0.15, 0.2) is 5.78 Å². The standard InChI is InChI=1S/C14H14F12O2/c1-6(9(27)7(2-11(15,16)17)3-12(18,19)20)10(28)8(4-13(21,22)23)5-14(24,25)26/h7-8,27H,2-5H2,1H3/b9-6-. The Bertz CT molecular complexity index is 533. The van der Waals surface area contributed by atoms with Crippen molar-refractivity contribution in [1.29, 1.82) is 0 Å². The van der Waals surface area contributed by atoms with Gasteiger partial charge in [-0.15, -0.1) is 0 Å². The minimum Gasteiger partial charge on any atom is -0.512 e. The van der Waals surface area contributed by atoms with Crippen molar-refractivity contribution in [1.82, 2.24) is 0 Å². The average molecular weight is 442 g/mol. The molecule has 0 rings (SSSR count). The van der Waals surface area contributed by atoms with Crippen molar-refractivity contribution in [2.75, 3.05) is 0 Å². The molecule has 0 heterocycles. The number of carbonyl (C=O) groups excluding carboxylic acids is 1. The molecule has 0 aliphatic heterocycles. The van der Waals surface area contributed by atoms with E-state index in [1.54, 1.807) is 0 Å². The van der Waals surface area contributed by atoms with E-state index in [2.05, 4.69) is 0 Å². The van der Waals surface area contributed by atoms with Gasteiger partial charge in [-0.2, -0.15) is 52.7 Å². The van der Waals surface area contributed by atoms with Crippen LogP contribution in [0.5, 0.6) is 0 Å². The van der Waals surface area contributed by atoms with E-state index < -0.39 is 79.3 Å². The Morgan fingerprint density at radius 1 is 0.643 bits per heavy atom. The van der Waals surface area contributed by atoms with Crippen molar-refractivity contribution in [3.05, 3.63) is 11.3 Å². The minimum atomic E-state index is -5.28. The van der Waals surface area contributed by atoms with Gasteiger partial charge < -0.3 is 5.11 Å². The maximum atomic E-state index is 12.4. The van der Waals surface area contributed by atoms with Crippen LogP contribution in [0.2, 0.25) is 0 Å². The second-order valence-electron chi connectivity index (χ2n) is 6.05. The number of alkyl halides is 12. The summed E-state index contributed by atoms with van der Waals surface area (Å²) in [5, 5.41) is 9.62. The van der Waals surface area contributed by atoms with E-state index in [0.29, 0.717) is 6.92 Å². The largest absolute Gasteiger partial charge is 0.512 e. The molecule has 0 aromatic rings. The molecule has 0 aromatic carbocycles. The van der Waals surface area contributed by atoms with Crippen LogP contribution < -0.4 is 0 Å². The van der Waals surface area contributed by atoms with Crippen LogP contribution in [0, 0.1) is 11.8 Å². The molecule has 0 spiro atoms. The number of rotatable bonds is 7. The third kappa shape index (κ3) is 11.3. The molecular weight excluding hydrogens is 428 g/mol. The highest BCUT2D eigenvalue weighted by molar-refractivity contribution is 5.97. The van der Waals surface area contributed by atoms with Crippen molar-refractivity contribution in [3.63, 3.8) is 0 Å². The zero-order valence-electron chi connectivity index (χ0n) is 13.9. The third-order valence-corrected chi connectivity index (χ3v) is 3.42. The molecule has 0 aliphatic rings. The predicted octanol–water partition coefficient (Wildman–Crippen LogP) is 6.43. The molecule has 0 aliphatic carbocycles. The number of ketones is 1. The number of Topliss-reactive ketones (excluding diaryl/α,β-unsaturated/α-hetero) is 1. The fourth-order valence-corrected chi connectivity index (χ4v) is 2.38. The summed E-state index contributed by atoms with van der Waals surface area (Å²) in [5.74, 6) is -9.54. The quantitative estimate of drug-likeness (QED) is 0.280. The molecule has 0 fully saturated rings. The highest BCUT2D eigenvalue weighted by Crippen LogP contribution is 2.39. The maximum absolute atomic E-state index is 12.4. The van der Waals surface area contributed by atoms with Crippen molar-refractivity contribution in [2.24, 2.45) is 11.8 Å². The molecule has 0 unspecified atom stereocenters. The second kappa shape index (κ2) is 8.80. The molecule has 166 valence electrons. The van der Waals surface area contributed by atoms with E-state index in [9.17, 15) is 62.6 Å². The summed E-state index contributed by atoms with van der Waals surface area (Å²) in [5.41, 5.74) is -1.42. The Labute approximate surface area is 150 Å². The molecule has 0 aromatic heterocycles. The van der Waals surface area contributed by atoms with Crippen LogP contribution in [0.15, 0.2) is 11.3 Å². The summed E-state index contributed by atoms with van der Waals surface area (Å²) in [7, 11) is 0. The van der Waals surface area contributed by atoms with Crippen LogP contribution in [0.3, 0.4) is 0 Å². The SMILES string of the molecule is C/C(C(=O)C(CC(F)(F)F)CC(F)(F)F)=C(/O)C(CC(F)(F)F)CC(F)(F)F. The van der Waals surface area contributed by atoms with Gasteiger partial charge in [-0.3, -0.25) is 4.79 Å². The van der Waals surface area contributed by atoms with Gasteiger partial charge in [0, 0.05) is 17.4 Å². The molecular formula is C14H14F12O2. The first-order valence-electron chi connectivity index (χ1n) is 7.32. The van der Waals surface area contributed by atoms with Gasteiger partial charge in [0.25, 0.3) is 0 Å². The van der Waals surface area contributed by atoms with Crippen LogP contribution >= 0.6 is 0 Å². The number of aliphatic hydroxyl groups is 1. The molecule has 2 nitrogen and oxygen atoms in total. The van der Waals surface area contributed by atoms with Crippen molar-refractivity contribution < 1.29 is 62.6 Å². The van der Waals surface area contributed by atoms with Crippen molar-refractivity contribution in [3.8, 4) is 0 Å².